The van der Waals surface area contributed by atoms with E-state index in [0.717, 1.165) is 10.9 Å². The molecule has 134 valence electrons. The molecule has 0 saturated heterocycles. The summed E-state index contributed by atoms with van der Waals surface area (Å²) in [5.41, 5.74) is 2.84. The predicted molar refractivity (Wildman–Crippen MR) is 104 cm³/mol. The quantitative estimate of drug-likeness (QED) is 0.643. The third-order valence-electron chi connectivity index (χ3n) is 3.89. The maximum atomic E-state index is 11.6. The molecule has 0 fully saturated rings. The molecule has 0 spiro atoms. The number of aromatic nitrogens is 2. The van der Waals surface area contributed by atoms with Crippen LogP contribution in [0.25, 0.3) is 22.0 Å². The Labute approximate surface area is 152 Å². The Hall–Kier alpha value is -3.15. The van der Waals surface area contributed by atoms with Crippen molar-refractivity contribution in [2.75, 3.05) is 10.6 Å². The molecule has 3 rings (SSSR count). The molecule has 6 nitrogen and oxygen atoms in total. The van der Waals surface area contributed by atoms with E-state index in [0.29, 0.717) is 29.1 Å². The normalized spacial score (nSPS) is 10.9. The monoisotopic (exact) mass is 350 g/mol. The first-order valence-corrected chi connectivity index (χ1v) is 8.63. The van der Waals surface area contributed by atoms with Crippen molar-refractivity contribution in [2.24, 2.45) is 0 Å². The van der Waals surface area contributed by atoms with E-state index in [1.165, 1.54) is 0 Å². The van der Waals surface area contributed by atoms with Gasteiger partial charge in [0.2, 0.25) is 11.9 Å². The number of carbonyl (C=O) groups excluding carboxylic acids is 1. The highest BCUT2D eigenvalue weighted by atomic mass is 16.3. The lowest BCUT2D eigenvalue weighted by Crippen LogP contribution is -2.12. The number of anilines is 2. The molecule has 0 saturated carbocycles. The van der Waals surface area contributed by atoms with E-state index in [2.05, 4.69) is 20.6 Å². The lowest BCUT2D eigenvalue weighted by atomic mass is 10.0. The minimum absolute atomic E-state index is 0.0523. The van der Waals surface area contributed by atoms with E-state index in [-0.39, 0.29) is 17.7 Å². The van der Waals surface area contributed by atoms with Crippen molar-refractivity contribution in [2.45, 2.75) is 33.2 Å². The number of phenols is 1. The lowest BCUT2D eigenvalue weighted by Gasteiger charge is -2.11. The second kappa shape index (κ2) is 7.39. The molecule has 0 radical (unpaired) electrons. The highest BCUT2D eigenvalue weighted by Crippen LogP contribution is 2.34. The smallest absolute Gasteiger partial charge is 0.224 e. The predicted octanol–water partition coefficient (Wildman–Crippen LogP) is 4.17. The van der Waals surface area contributed by atoms with Gasteiger partial charge in [-0.2, -0.15) is 0 Å². The summed E-state index contributed by atoms with van der Waals surface area (Å²) < 4.78 is 0. The second-order valence-electron chi connectivity index (χ2n) is 6.40. The van der Waals surface area contributed by atoms with Crippen molar-refractivity contribution in [1.29, 1.82) is 0 Å². The second-order valence-corrected chi connectivity index (χ2v) is 6.40. The van der Waals surface area contributed by atoms with Gasteiger partial charge >= 0.3 is 0 Å². The number of rotatable bonds is 5. The van der Waals surface area contributed by atoms with Crippen LogP contribution in [0, 0.1) is 0 Å². The molecule has 3 aromatic rings. The number of fused-ring (bicyclic) bond motifs is 1. The summed E-state index contributed by atoms with van der Waals surface area (Å²) >= 11 is 0. The topological polar surface area (TPSA) is 87.1 Å². The van der Waals surface area contributed by atoms with Crippen LogP contribution in [0.1, 0.15) is 27.2 Å². The van der Waals surface area contributed by atoms with Crippen molar-refractivity contribution in [3.8, 4) is 16.9 Å². The summed E-state index contributed by atoms with van der Waals surface area (Å²) in [6.45, 7) is 5.83. The molecule has 0 aliphatic carbocycles. The molecule has 3 N–H and O–H groups in total. The minimum atomic E-state index is -0.0523. The summed E-state index contributed by atoms with van der Waals surface area (Å²) in [4.78, 5) is 20.4. The number of nitrogens with zero attached hydrogens (tertiary/aromatic N) is 2. The largest absolute Gasteiger partial charge is 0.507 e. The summed E-state index contributed by atoms with van der Waals surface area (Å²) in [6, 6.07) is 11.1. The zero-order chi connectivity index (χ0) is 18.7. The van der Waals surface area contributed by atoms with Crippen LogP contribution in [0.4, 0.5) is 11.6 Å². The van der Waals surface area contributed by atoms with Crippen LogP contribution in [-0.4, -0.2) is 27.0 Å². The zero-order valence-corrected chi connectivity index (χ0v) is 15.1. The molecule has 1 aromatic heterocycles. The maximum Gasteiger partial charge on any atom is 0.224 e. The summed E-state index contributed by atoms with van der Waals surface area (Å²) in [5, 5.41) is 17.3. The van der Waals surface area contributed by atoms with Crippen molar-refractivity contribution < 1.29 is 9.90 Å². The van der Waals surface area contributed by atoms with Gasteiger partial charge in [0.1, 0.15) is 5.75 Å². The van der Waals surface area contributed by atoms with Gasteiger partial charge in [-0.25, -0.2) is 9.97 Å². The van der Waals surface area contributed by atoms with Crippen molar-refractivity contribution >= 4 is 28.4 Å². The van der Waals surface area contributed by atoms with Crippen LogP contribution in [0.15, 0.2) is 42.6 Å². The van der Waals surface area contributed by atoms with Crippen LogP contribution in [0.5, 0.6) is 5.75 Å². The highest BCUT2D eigenvalue weighted by molar-refractivity contribution is 5.92. The molecule has 1 amide bonds. The molecule has 2 aromatic carbocycles. The van der Waals surface area contributed by atoms with Gasteiger partial charge in [0.05, 0.1) is 5.52 Å². The third-order valence-corrected chi connectivity index (χ3v) is 3.89. The Morgan fingerprint density at radius 2 is 2.04 bits per heavy atom. The fourth-order valence-corrected chi connectivity index (χ4v) is 2.64. The molecule has 0 atom stereocenters. The molecule has 0 aliphatic heterocycles. The van der Waals surface area contributed by atoms with Crippen molar-refractivity contribution in [1.82, 2.24) is 9.97 Å². The molecule has 1 heterocycles. The first-order chi connectivity index (χ1) is 12.5. The third kappa shape index (κ3) is 3.91. The Kier molecular flexibility index (Phi) is 5.02. The number of phenolic OH excluding ortho intramolecular Hbond substituents is 1. The van der Waals surface area contributed by atoms with Crippen molar-refractivity contribution in [3.05, 3.63) is 42.6 Å². The number of nitrogens with one attached hydrogen (secondary N) is 2. The van der Waals surface area contributed by atoms with Gasteiger partial charge in [-0.1, -0.05) is 19.1 Å². The van der Waals surface area contributed by atoms with Crippen LogP contribution in [-0.2, 0) is 4.79 Å². The van der Waals surface area contributed by atoms with Gasteiger partial charge in [-0.15, -0.1) is 0 Å². The number of hydrogen-bond donors (Lipinski definition) is 3. The van der Waals surface area contributed by atoms with E-state index in [9.17, 15) is 9.90 Å². The summed E-state index contributed by atoms with van der Waals surface area (Å²) in [6.07, 6.45) is 2.15. The van der Waals surface area contributed by atoms with Gasteiger partial charge in [-0.3, -0.25) is 4.79 Å². The number of benzene rings is 2. The molecule has 0 aliphatic rings. The fraction of sp³-hybridized carbons (Fsp3) is 0.250. The van der Waals surface area contributed by atoms with E-state index in [4.69, 9.17) is 0 Å². The van der Waals surface area contributed by atoms with Gasteiger partial charge < -0.3 is 15.7 Å². The highest BCUT2D eigenvalue weighted by Gasteiger charge is 2.10. The average molecular weight is 350 g/mol. The molecular formula is C20H22N4O2. The molecule has 6 heteroatoms. The van der Waals surface area contributed by atoms with Gasteiger partial charge in [0.25, 0.3) is 0 Å². The van der Waals surface area contributed by atoms with Crippen LogP contribution in [0.2, 0.25) is 0 Å². The Morgan fingerprint density at radius 1 is 1.23 bits per heavy atom. The van der Waals surface area contributed by atoms with Crippen molar-refractivity contribution in [3.63, 3.8) is 0 Å². The van der Waals surface area contributed by atoms with E-state index < -0.39 is 0 Å². The number of hydrogen-bond acceptors (Lipinski definition) is 5. The molecule has 26 heavy (non-hydrogen) atoms. The van der Waals surface area contributed by atoms with E-state index in [1.807, 2.05) is 44.2 Å². The molecular weight excluding hydrogens is 328 g/mol. The Balaban J connectivity index is 1.99. The van der Waals surface area contributed by atoms with Gasteiger partial charge in [-0.05, 0) is 37.6 Å². The Bertz CT molecular complexity index is 954. The average Bonchev–Trinajstić information content (AvgIpc) is 2.60. The zero-order valence-electron chi connectivity index (χ0n) is 15.1. The first kappa shape index (κ1) is 17.7. The summed E-state index contributed by atoms with van der Waals surface area (Å²) in [7, 11) is 0. The maximum absolute atomic E-state index is 11.6. The van der Waals surface area contributed by atoms with E-state index >= 15 is 0 Å². The van der Waals surface area contributed by atoms with Gasteiger partial charge in [0.15, 0.2) is 0 Å². The SMILES string of the molecule is CCC(=O)Nc1cccc(-c2cc3cnc(NC(C)C)nc3cc2O)c1. The first-order valence-electron chi connectivity index (χ1n) is 8.63. The number of aromatic hydroxyl groups is 1. The molecule has 0 unspecified atom stereocenters. The number of amides is 1. The van der Waals surface area contributed by atoms with Gasteiger partial charge in [0, 0.05) is 41.4 Å². The lowest BCUT2D eigenvalue weighted by molar-refractivity contribution is -0.115. The molecule has 0 bridgehead atoms. The van der Waals surface area contributed by atoms with Crippen LogP contribution < -0.4 is 10.6 Å². The minimum Gasteiger partial charge on any atom is -0.507 e. The fourth-order valence-electron chi connectivity index (χ4n) is 2.64. The van der Waals surface area contributed by atoms with Crippen LogP contribution >= 0.6 is 0 Å². The number of carbonyl (C=O) groups is 1. The summed E-state index contributed by atoms with van der Waals surface area (Å²) in [5.74, 6) is 0.609. The van der Waals surface area contributed by atoms with Crippen LogP contribution in [0.3, 0.4) is 0 Å². The standard InChI is InChI=1S/C20H22N4O2/c1-4-19(26)23-15-7-5-6-13(8-15)16-9-14-11-21-20(22-12(2)3)24-17(14)10-18(16)25/h5-12,25H,4H2,1-3H3,(H,23,26)(H,21,22,24). The Morgan fingerprint density at radius 3 is 2.77 bits per heavy atom. The van der Waals surface area contributed by atoms with E-state index in [1.54, 1.807) is 19.2 Å².